The van der Waals surface area contributed by atoms with Crippen LogP contribution in [0.3, 0.4) is 0 Å². The molecular weight excluding hydrogens is 352 g/mol. The maximum atomic E-state index is 3.80. The number of hydrogen-bond acceptors (Lipinski definition) is 0. The normalized spacial score (nSPS) is 12.4. The van der Waals surface area contributed by atoms with E-state index >= 15 is 0 Å². The van der Waals surface area contributed by atoms with E-state index in [1.54, 1.807) is 0 Å². The fourth-order valence-electron chi connectivity index (χ4n) is 2.00. The van der Waals surface area contributed by atoms with Gasteiger partial charge in [0.1, 0.15) is 0 Å². The fraction of sp³-hybridized carbons (Fsp3) is 0.250. The van der Waals surface area contributed by atoms with Crippen molar-refractivity contribution in [2.75, 3.05) is 0 Å². The molecule has 0 aliphatic rings. The molecule has 0 radical (unpaired) electrons. The Morgan fingerprint density at radius 1 is 1.06 bits per heavy atom. The van der Waals surface area contributed by atoms with Crippen molar-refractivity contribution in [1.82, 2.24) is 0 Å². The average Bonchev–Trinajstić information content (AvgIpc) is 2.41. The van der Waals surface area contributed by atoms with Gasteiger partial charge in [-0.05, 0) is 41.7 Å². The van der Waals surface area contributed by atoms with Crippen LogP contribution >= 0.6 is 31.9 Å². The first-order valence-electron chi connectivity index (χ1n) is 6.11. The van der Waals surface area contributed by atoms with Gasteiger partial charge in [0.15, 0.2) is 0 Å². The second-order valence-electron chi connectivity index (χ2n) is 4.41. The first kappa shape index (κ1) is 13.8. The van der Waals surface area contributed by atoms with E-state index in [4.69, 9.17) is 0 Å². The van der Waals surface area contributed by atoms with Crippen molar-refractivity contribution < 1.29 is 0 Å². The molecule has 0 amide bonds. The van der Waals surface area contributed by atoms with Gasteiger partial charge in [0, 0.05) is 4.47 Å². The quantitative estimate of drug-likeness (QED) is 0.601. The minimum Gasteiger partial charge on any atom is -0.0786 e. The first-order valence-corrected chi connectivity index (χ1v) is 7.82. The minimum absolute atomic E-state index is 0.251. The van der Waals surface area contributed by atoms with Crippen molar-refractivity contribution in [2.45, 2.75) is 25.1 Å². The molecule has 0 spiro atoms. The highest BCUT2D eigenvalue weighted by molar-refractivity contribution is 9.10. The van der Waals surface area contributed by atoms with Crippen molar-refractivity contribution in [2.24, 2.45) is 0 Å². The van der Waals surface area contributed by atoms with Crippen molar-refractivity contribution in [3.63, 3.8) is 0 Å². The van der Waals surface area contributed by atoms with Crippen molar-refractivity contribution in [3.8, 4) is 0 Å². The van der Waals surface area contributed by atoms with Crippen LogP contribution in [0.4, 0.5) is 0 Å². The van der Waals surface area contributed by atoms with Gasteiger partial charge in [-0.15, -0.1) is 0 Å². The molecule has 0 aliphatic carbocycles. The monoisotopic (exact) mass is 366 g/mol. The summed E-state index contributed by atoms with van der Waals surface area (Å²) in [5.41, 5.74) is 5.28. The molecule has 0 fully saturated rings. The highest BCUT2D eigenvalue weighted by Crippen LogP contribution is 2.35. The Morgan fingerprint density at radius 2 is 1.72 bits per heavy atom. The number of aryl methyl sites for hydroxylation is 1. The third-order valence-electron chi connectivity index (χ3n) is 3.26. The van der Waals surface area contributed by atoms with Crippen LogP contribution in [0.2, 0.25) is 0 Å². The van der Waals surface area contributed by atoms with Crippen LogP contribution in [0, 0.1) is 6.92 Å². The number of alkyl halides is 1. The van der Waals surface area contributed by atoms with E-state index in [9.17, 15) is 0 Å². The molecular formula is C16H16Br2. The molecule has 94 valence electrons. The molecule has 0 nitrogen and oxygen atoms in total. The summed E-state index contributed by atoms with van der Waals surface area (Å²) in [5, 5.41) is 0. The van der Waals surface area contributed by atoms with Crippen LogP contribution in [0.5, 0.6) is 0 Å². The topological polar surface area (TPSA) is 0 Å². The van der Waals surface area contributed by atoms with Crippen molar-refractivity contribution >= 4 is 31.9 Å². The van der Waals surface area contributed by atoms with Crippen LogP contribution in [-0.4, -0.2) is 0 Å². The highest BCUT2D eigenvalue weighted by atomic mass is 79.9. The van der Waals surface area contributed by atoms with Crippen LogP contribution in [0.15, 0.2) is 46.9 Å². The molecule has 2 aromatic carbocycles. The lowest BCUT2D eigenvalue weighted by molar-refractivity contribution is 1.10. The van der Waals surface area contributed by atoms with Gasteiger partial charge >= 0.3 is 0 Å². The average molecular weight is 368 g/mol. The lowest BCUT2D eigenvalue weighted by atomic mass is 9.99. The van der Waals surface area contributed by atoms with E-state index in [1.165, 1.54) is 22.3 Å². The first-order chi connectivity index (χ1) is 8.63. The van der Waals surface area contributed by atoms with Gasteiger partial charge in [-0.3, -0.25) is 0 Å². The molecule has 0 saturated heterocycles. The maximum absolute atomic E-state index is 3.80. The zero-order valence-electron chi connectivity index (χ0n) is 10.6. The Balaban J connectivity index is 2.35. The van der Waals surface area contributed by atoms with Gasteiger partial charge in [-0.25, -0.2) is 0 Å². The fourth-order valence-corrected chi connectivity index (χ4v) is 3.18. The van der Waals surface area contributed by atoms with Crippen LogP contribution in [0.1, 0.15) is 34.0 Å². The molecule has 1 unspecified atom stereocenters. The van der Waals surface area contributed by atoms with Gasteiger partial charge in [-0.1, -0.05) is 75.2 Å². The third-order valence-corrected chi connectivity index (χ3v) is 5.14. The van der Waals surface area contributed by atoms with Crippen LogP contribution in [-0.2, 0) is 6.42 Å². The molecule has 0 heterocycles. The van der Waals surface area contributed by atoms with E-state index in [0.29, 0.717) is 0 Å². The molecule has 0 saturated carbocycles. The number of benzene rings is 2. The summed E-state index contributed by atoms with van der Waals surface area (Å²) in [6.45, 7) is 4.33. The predicted molar refractivity (Wildman–Crippen MR) is 85.5 cm³/mol. The van der Waals surface area contributed by atoms with E-state index in [-0.39, 0.29) is 4.83 Å². The molecule has 0 aliphatic heterocycles. The largest absolute Gasteiger partial charge is 0.0786 e. The second kappa shape index (κ2) is 6.03. The third kappa shape index (κ3) is 2.86. The van der Waals surface area contributed by atoms with E-state index in [0.717, 1.165) is 10.9 Å². The standard InChI is InChI=1S/C16H16Br2/c1-3-12-7-9-13(10-8-12)16(18)14-5-4-6-15(17)11(14)2/h4-10,16H,3H2,1-2H3. The van der Waals surface area contributed by atoms with Gasteiger partial charge in [0.2, 0.25) is 0 Å². The van der Waals surface area contributed by atoms with Gasteiger partial charge < -0.3 is 0 Å². The molecule has 0 bridgehead atoms. The van der Waals surface area contributed by atoms with E-state index in [1.807, 2.05) is 0 Å². The molecule has 0 N–H and O–H groups in total. The Labute approximate surface area is 126 Å². The summed E-state index contributed by atoms with van der Waals surface area (Å²) in [6.07, 6.45) is 1.09. The zero-order chi connectivity index (χ0) is 13.1. The summed E-state index contributed by atoms with van der Waals surface area (Å²) in [4.78, 5) is 0.251. The summed E-state index contributed by atoms with van der Waals surface area (Å²) in [6, 6.07) is 15.2. The molecule has 2 rings (SSSR count). The molecule has 1 atom stereocenters. The Morgan fingerprint density at radius 3 is 2.33 bits per heavy atom. The summed E-state index contributed by atoms with van der Waals surface area (Å²) < 4.78 is 1.16. The molecule has 0 aromatic heterocycles. The predicted octanol–water partition coefficient (Wildman–Crippen LogP) is 5.80. The number of hydrogen-bond donors (Lipinski definition) is 0. The Kier molecular flexibility index (Phi) is 4.63. The lowest BCUT2D eigenvalue weighted by Gasteiger charge is -2.15. The highest BCUT2D eigenvalue weighted by Gasteiger charge is 2.13. The minimum atomic E-state index is 0.251. The summed E-state index contributed by atoms with van der Waals surface area (Å²) in [7, 11) is 0. The lowest BCUT2D eigenvalue weighted by Crippen LogP contribution is -1.96. The molecule has 2 heteroatoms. The van der Waals surface area contributed by atoms with Crippen molar-refractivity contribution in [1.29, 1.82) is 0 Å². The second-order valence-corrected chi connectivity index (χ2v) is 6.18. The van der Waals surface area contributed by atoms with Gasteiger partial charge in [-0.2, -0.15) is 0 Å². The number of rotatable bonds is 3. The van der Waals surface area contributed by atoms with Gasteiger partial charge in [0.05, 0.1) is 4.83 Å². The van der Waals surface area contributed by atoms with Crippen LogP contribution in [0.25, 0.3) is 0 Å². The SMILES string of the molecule is CCc1ccc(C(Br)c2cccc(Br)c2C)cc1. The molecule has 18 heavy (non-hydrogen) atoms. The molecule has 2 aromatic rings. The summed E-state index contributed by atoms with van der Waals surface area (Å²) in [5.74, 6) is 0. The van der Waals surface area contributed by atoms with Crippen molar-refractivity contribution in [3.05, 3.63) is 69.2 Å². The Bertz CT molecular complexity index is 529. The maximum Gasteiger partial charge on any atom is 0.0647 e. The smallest absolute Gasteiger partial charge is 0.0647 e. The van der Waals surface area contributed by atoms with Crippen LogP contribution < -0.4 is 0 Å². The summed E-state index contributed by atoms with van der Waals surface area (Å²) >= 11 is 7.39. The Hall–Kier alpha value is -0.600. The van der Waals surface area contributed by atoms with E-state index in [2.05, 4.69) is 88.2 Å². The van der Waals surface area contributed by atoms with E-state index < -0.39 is 0 Å². The zero-order valence-corrected chi connectivity index (χ0v) is 13.8. The number of halogens is 2. The van der Waals surface area contributed by atoms with Gasteiger partial charge in [0.25, 0.3) is 0 Å².